The predicted molar refractivity (Wildman–Crippen MR) is 118 cm³/mol. The third kappa shape index (κ3) is 4.26. The summed E-state index contributed by atoms with van der Waals surface area (Å²) < 4.78 is 1.08. The van der Waals surface area contributed by atoms with Gasteiger partial charge in [0, 0.05) is 12.7 Å². The van der Waals surface area contributed by atoms with E-state index in [4.69, 9.17) is 15.2 Å². The molecule has 4 rings (SSSR count). The smallest absolute Gasteiger partial charge is 0.204 e. The van der Waals surface area contributed by atoms with E-state index in [2.05, 4.69) is 11.4 Å². The van der Waals surface area contributed by atoms with Gasteiger partial charge in [-0.25, -0.2) is 4.98 Å². The fourth-order valence-electron chi connectivity index (χ4n) is 3.20. The van der Waals surface area contributed by atoms with Gasteiger partial charge in [-0.3, -0.25) is 15.1 Å². The van der Waals surface area contributed by atoms with Crippen molar-refractivity contribution in [3.05, 3.63) is 71.6 Å². The number of nitrogens with one attached hydrogen (secondary N) is 1. The van der Waals surface area contributed by atoms with Crippen molar-refractivity contribution in [3.63, 3.8) is 0 Å². The van der Waals surface area contributed by atoms with Crippen LogP contribution in [0.3, 0.4) is 0 Å². The second-order valence-corrected chi connectivity index (χ2v) is 7.67. The van der Waals surface area contributed by atoms with Crippen LogP contribution in [0.1, 0.15) is 12.0 Å². The summed E-state index contributed by atoms with van der Waals surface area (Å²) in [5.74, 6) is 0.648. The molecule has 8 nitrogen and oxygen atoms in total. The zero-order chi connectivity index (χ0) is 20.9. The van der Waals surface area contributed by atoms with E-state index in [0.29, 0.717) is 25.3 Å². The summed E-state index contributed by atoms with van der Waals surface area (Å²) in [5, 5.41) is 32.9. The molecule has 0 aliphatic carbocycles. The summed E-state index contributed by atoms with van der Waals surface area (Å²) in [6.07, 6.45) is 4.73. The van der Waals surface area contributed by atoms with Gasteiger partial charge in [-0.05, 0) is 42.3 Å². The van der Waals surface area contributed by atoms with E-state index >= 15 is 0 Å². The minimum Gasteiger partial charge on any atom is -0.733 e. The van der Waals surface area contributed by atoms with Gasteiger partial charge in [0.15, 0.2) is 5.13 Å². The van der Waals surface area contributed by atoms with Gasteiger partial charge in [0.1, 0.15) is 0 Å². The van der Waals surface area contributed by atoms with Gasteiger partial charge >= 0.3 is 0 Å². The van der Waals surface area contributed by atoms with Crippen LogP contribution in [0.25, 0.3) is 10.2 Å². The molecule has 0 radical (unpaired) electrons. The Hall–Kier alpha value is -3.45. The molecule has 0 bridgehead atoms. The average Bonchev–Trinajstić information content (AvgIpc) is 3.18. The number of nitriles is 1. The SMILES string of the molecule is N#CCC1C=CNC(=NCCc2ccc(N([O-])O)cc2)N1c1nc2ccccc2s1. The van der Waals surface area contributed by atoms with Crippen LogP contribution in [0.2, 0.25) is 0 Å². The molecule has 1 aliphatic heterocycles. The number of hydrogen-bond acceptors (Lipinski definition) is 7. The number of guanidine groups is 1. The lowest BCUT2D eigenvalue weighted by atomic mass is 10.1. The summed E-state index contributed by atoms with van der Waals surface area (Å²) >= 11 is 1.56. The van der Waals surface area contributed by atoms with Crippen molar-refractivity contribution in [3.8, 4) is 6.07 Å². The van der Waals surface area contributed by atoms with Crippen molar-refractivity contribution in [2.45, 2.75) is 18.9 Å². The molecule has 2 N–H and O–H groups in total. The molecule has 1 aliphatic rings. The van der Waals surface area contributed by atoms with E-state index < -0.39 is 0 Å². The van der Waals surface area contributed by atoms with E-state index in [1.54, 1.807) is 35.6 Å². The first-order chi connectivity index (χ1) is 14.7. The maximum absolute atomic E-state index is 10.9. The molecule has 1 unspecified atom stereocenters. The van der Waals surface area contributed by atoms with E-state index in [1.165, 1.54) is 0 Å². The first kappa shape index (κ1) is 19.8. The standard InChI is InChI=1S/C21H19N6O2S/c22-12-9-16-11-14-24-20(23-13-10-15-5-7-17(8-6-15)27(28)29)26(16)21-25-18-3-1-2-4-19(18)30-21/h1-8,11,14,16,28H,9-10,13H2,(H,23,24)/q-1. The van der Waals surface area contributed by atoms with Gasteiger partial charge < -0.3 is 15.8 Å². The van der Waals surface area contributed by atoms with Gasteiger partial charge in [-0.15, -0.1) is 0 Å². The second kappa shape index (κ2) is 8.92. The first-order valence-electron chi connectivity index (χ1n) is 9.40. The molecule has 0 saturated carbocycles. The Kier molecular flexibility index (Phi) is 5.90. The van der Waals surface area contributed by atoms with Crippen molar-refractivity contribution in [1.82, 2.24) is 10.3 Å². The fourth-order valence-corrected chi connectivity index (χ4v) is 4.22. The summed E-state index contributed by atoms with van der Waals surface area (Å²) in [6, 6.07) is 16.7. The highest BCUT2D eigenvalue weighted by Crippen LogP contribution is 2.31. The van der Waals surface area contributed by atoms with Gasteiger partial charge in [0.05, 0.1) is 34.4 Å². The number of rotatable bonds is 6. The van der Waals surface area contributed by atoms with Crippen LogP contribution >= 0.6 is 11.3 Å². The molecule has 152 valence electrons. The van der Waals surface area contributed by atoms with Gasteiger partial charge in [0.25, 0.3) is 0 Å². The number of thiazole rings is 1. The fraction of sp³-hybridized carbons (Fsp3) is 0.190. The number of aromatic nitrogens is 1. The third-order valence-corrected chi connectivity index (χ3v) is 5.73. The quantitative estimate of drug-likeness (QED) is 0.585. The van der Waals surface area contributed by atoms with Crippen LogP contribution in [0.15, 0.2) is 65.8 Å². The third-order valence-electron chi connectivity index (χ3n) is 4.70. The Morgan fingerprint density at radius 3 is 2.80 bits per heavy atom. The van der Waals surface area contributed by atoms with E-state index in [-0.39, 0.29) is 17.0 Å². The maximum atomic E-state index is 10.9. The normalized spacial score (nSPS) is 17.2. The van der Waals surface area contributed by atoms with Crippen LogP contribution in [-0.4, -0.2) is 28.7 Å². The Bertz CT molecular complexity index is 1080. The van der Waals surface area contributed by atoms with Crippen molar-refractivity contribution in [2.24, 2.45) is 4.99 Å². The minimum atomic E-state index is -0.159. The molecular formula is C21H19N6O2S-. The van der Waals surface area contributed by atoms with Crippen LogP contribution in [0.4, 0.5) is 10.8 Å². The molecule has 30 heavy (non-hydrogen) atoms. The molecule has 1 aromatic heterocycles. The van der Waals surface area contributed by atoms with Gasteiger partial charge in [0.2, 0.25) is 5.96 Å². The number of para-hydroxylation sites is 1. The van der Waals surface area contributed by atoms with Crippen LogP contribution in [-0.2, 0) is 6.42 Å². The van der Waals surface area contributed by atoms with Crippen LogP contribution < -0.4 is 15.4 Å². The van der Waals surface area contributed by atoms with Crippen molar-refractivity contribution >= 4 is 38.3 Å². The van der Waals surface area contributed by atoms with Crippen LogP contribution in [0.5, 0.6) is 0 Å². The molecule has 2 heterocycles. The summed E-state index contributed by atoms with van der Waals surface area (Å²) in [5.41, 5.74) is 2.10. The Labute approximate surface area is 177 Å². The molecule has 2 aromatic carbocycles. The largest absolute Gasteiger partial charge is 0.733 e. The van der Waals surface area contributed by atoms with Crippen molar-refractivity contribution in [1.29, 1.82) is 5.26 Å². The summed E-state index contributed by atoms with van der Waals surface area (Å²) in [4.78, 5) is 11.4. The Morgan fingerprint density at radius 1 is 1.27 bits per heavy atom. The lowest BCUT2D eigenvalue weighted by molar-refractivity contribution is 0.296. The van der Waals surface area contributed by atoms with Crippen LogP contribution in [0, 0.1) is 16.5 Å². The van der Waals surface area contributed by atoms with Gasteiger partial charge in [-0.2, -0.15) is 5.26 Å². The van der Waals surface area contributed by atoms with Gasteiger partial charge in [-0.1, -0.05) is 35.6 Å². The number of aliphatic imine (C=N–C) groups is 1. The Morgan fingerprint density at radius 2 is 2.07 bits per heavy atom. The summed E-state index contributed by atoms with van der Waals surface area (Å²) in [7, 11) is 0. The second-order valence-electron chi connectivity index (χ2n) is 6.66. The summed E-state index contributed by atoms with van der Waals surface area (Å²) in [6.45, 7) is 0.510. The molecule has 0 fully saturated rings. The lowest BCUT2D eigenvalue weighted by Crippen LogP contribution is -2.48. The zero-order valence-corrected chi connectivity index (χ0v) is 16.8. The molecule has 9 heteroatoms. The highest BCUT2D eigenvalue weighted by molar-refractivity contribution is 7.22. The zero-order valence-electron chi connectivity index (χ0n) is 16.0. The predicted octanol–water partition coefficient (Wildman–Crippen LogP) is 3.79. The number of benzene rings is 2. The molecule has 1 atom stereocenters. The highest BCUT2D eigenvalue weighted by Gasteiger charge is 2.27. The van der Waals surface area contributed by atoms with E-state index in [0.717, 1.165) is 20.9 Å². The molecule has 0 saturated heterocycles. The maximum Gasteiger partial charge on any atom is 0.204 e. The topological polar surface area (TPSA) is 111 Å². The number of hydrogen-bond donors (Lipinski definition) is 2. The minimum absolute atomic E-state index is 0.151. The highest BCUT2D eigenvalue weighted by atomic mass is 32.1. The van der Waals surface area contributed by atoms with Crippen molar-refractivity contribution in [2.75, 3.05) is 16.7 Å². The first-order valence-corrected chi connectivity index (χ1v) is 10.2. The molecule has 3 aromatic rings. The lowest BCUT2D eigenvalue weighted by Gasteiger charge is -2.32. The van der Waals surface area contributed by atoms with Crippen molar-refractivity contribution < 1.29 is 5.21 Å². The number of anilines is 2. The number of nitrogens with zero attached hydrogens (tertiary/aromatic N) is 5. The van der Waals surface area contributed by atoms with E-state index in [1.807, 2.05) is 41.4 Å². The Balaban J connectivity index is 1.56. The molecule has 0 amide bonds. The molecular weight excluding hydrogens is 400 g/mol. The average molecular weight is 419 g/mol. The monoisotopic (exact) mass is 419 g/mol. The number of fused-ring (bicyclic) bond motifs is 1. The molecule has 0 spiro atoms. The van der Waals surface area contributed by atoms with E-state index in [9.17, 15) is 10.5 Å².